The molecule has 0 atom stereocenters. The minimum absolute atomic E-state index is 0.000880. The van der Waals surface area contributed by atoms with Crippen molar-refractivity contribution in [3.63, 3.8) is 0 Å². The first kappa shape index (κ1) is 12.7. The van der Waals surface area contributed by atoms with Gasteiger partial charge in [-0.3, -0.25) is 10.1 Å². The lowest BCUT2D eigenvalue weighted by Crippen LogP contribution is -2.09. The van der Waals surface area contributed by atoms with Crippen molar-refractivity contribution < 1.29 is 4.92 Å². The van der Waals surface area contributed by atoms with Crippen LogP contribution < -0.4 is 0 Å². The van der Waals surface area contributed by atoms with Gasteiger partial charge in [-0.25, -0.2) is 9.36 Å². The van der Waals surface area contributed by atoms with Crippen LogP contribution in [0.3, 0.4) is 0 Å². The minimum Gasteiger partial charge on any atom is -0.258 e. The molecular formula is C10H12BrN5O2. The maximum atomic E-state index is 11.1. The highest BCUT2D eigenvalue weighted by molar-refractivity contribution is 9.10. The third-order valence-electron chi connectivity index (χ3n) is 2.46. The molecule has 0 saturated heterocycles. The number of nitrogens with zero attached hydrogens (tertiary/aromatic N) is 5. The first-order valence-electron chi connectivity index (χ1n) is 5.47. The predicted molar refractivity (Wildman–Crippen MR) is 68.7 cm³/mol. The topological polar surface area (TPSA) is 78.8 Å². The molecule has 96 valence electrons. The predicted octanol–water partition coefficient (Wildman–Crippen LogP) is 2.46. The van der Waals surface area contributed by atoms with E-state index in [0.717, 1.165) is 10.9 Å². The molecule has 0 radical (unpaired) electrons. The smallest absolute Gasteiger partial charge is 0.258 e. The molecule has 7 nitrogen and oxygen atoms in total. The lowest BCUT2D eigenvalue weighted by atomic mass is 10.4. The van der Waals surface area contributed by atoms with E-state index in [1.165, 1.54) is 4.68 Å². The highest BCUT2D eigenvalue weighted by atomic mass is 79.9. The summed E-state index contributed by atoms with van der Waals surface area (Å²) in [5.41, 5.74) is 0.397. The van der Waals surface area contributed by atoms with Crippen LogP contribution in [0.5, 0.6) is 0 Å². The summed E-state index contributed by atoms with van der Waals surface area (Å²) in [6, 6.07) is 0. The van der Waals surface area contributed by atoms with Crippen molar-refractivity contribution in [2.75, 3.05) is 0 Å². The summed E-state index contributed by atoms with van der Waals surface area (Å²) in [6.45, 7) is 4.24. The van der Waals surface area contributed by atoms with Crippen molar-refractivity contribution in [1.29, 1.82) is 0 Å². The summed E-state index contributed by atoms with van der Waals surface area (Å²) in [7, 11) is 0. The second-order valence-corrected chi connectivity index (χ2v) is 4.76. The summed E-state index contributed by atoms with van der Waals surface area (Å²) in [5, 5.41) is 19.4. The van der Waals surface area contributed by atoms with Gasteiger partial charge in [-0.05, 0) is 29.3 Å². The standard InChI is InChI=1S/C10H12BrN5O2/c1-3-4-14-10(15-6-8(11)5-12-15)9(16(17)18)7(2)13-14/h5-6H,3-4H2,1-2H3. The highest BCUT2D eigenvalue weighted by Crippen LogP contribution is 2.27. The van der Waals surface area contributed by atoms with Crippen LogP contribution in [0.15, 0.2) is 16.9 Å². The van der Waals surface area contributed by atoms with E-state index in [4.69, 9.17) is 0 Å². The van der Waals surface area contributed by atoms with Gasteiger partial charge < -0.3 is 0 Å². The highest BCUT2D eigenvalue weighted by Gasteiger charge is 2.27. The average molecular weight is 314 g/mol. The SMILES string of the molecule is CCCn1nc(C)c([N+](=O)[O-])c1-n1cc(Br)cn1. The van der Waals surface area contributed by atoms with Gasteiger partial charge in [0.05, 0.1) is 15.6 Å². The second-order valence-electron chi connectivity index (χ2n) is 3.84. The van der Waals surface area contributed by atoms with Gasteiger partial charge in [0.1, 0.15) is 5.69 Å². The summed E-state index contributed by atoms with van der Waals surface area (Å²) in [5.74, 6) is 0.394. The zero-order valence-corrected chi connectivity index (χ0v) is 11.6. The number of aryl methyl sites for hydroxylation is 2. The maximum Gasteiger partial charge on any atom is 0.336 e. The van der Waals surface area contributed by atoms with Crippen molar-refractivity contribution in [3.8, 4) is 5.82 Å². The molecule has 0 saturated carbocycles. The summed E-state index contributed by atoms with van der Waals surface area (Å²) in [4.78, 5) is 10.7. The fraction of sp³-hybridized carbons (Fsp3) is 0.400. The average Bonchev–Trinajstić information content (AvgIpc) is 2.83. The lowest BCUT2D eigenvalue weighted by Gasteiger charge is -2.04. The molecule has 8 heteroatoms. The Bertz CT molecular complexity index is 589. The van der Waals surface area contributed by atoms with E-state index >= 15 is 0 Å². The molecule has 0 amide bonds. The van der Waals surface area contributed by atoms with Crippen LogP contribution in [0.1, 0.15) is 19.0 Å². The van der Waals surface area contributed by atoms with Gasteiger partial charge in [-0.1, -0.05) is 6.92 Å². The molecule has 0 aliphatic heterocycles. The van der Waals surface area contributed by atoms with E-state index in [9.17, 15) is 10.1 Å². The third-order valence-corrected chi connectivity index (χ3v) is 2.87. The van der Waals surface area contributed by atoms with Crippen molar-refractivity contribution in [3.05, 3.63) is 32.7 Å². The second kappa shape index (κ2) is 4.89. The maximum absolute atomic E-state index is 11.1. The fourth-order valence-electron chi connectivity index (χ4n) is 1.78. The monoisotopic (exact) mass is 313 g/mol. The molecular weight excluding hydrogens is 302 g/mol. The van der Waals surface area contributed by atoms with Gasteiger partial charge >= 0.3 is 5.69 Å². The van der Waals surface area contributed by atoms with Crippen LogP contribution >= 0.6 is 15.9 Å². The Hall–Kier alpha value is -1.70. The summed E-state index contributed by atoms with van der Waals surface area (Å²) in [6.07, 6.45) is 4.10. The van der Waals surface area contributed by atoms with E-state index in [0.29, 0.717) is 18.1 Å². The van der Waals surface area contributed by atoms with Crippen LogP contribution in [0.4, 0.5) is 5.69 Å². The molecule has 0 fully saturated rings. The van der Waals surface area contributed by atoms with E-state index in [2.05, 4.69) is 26.1 Å². The van der Waals surface area contributed by atoms with Gasteiger partial charge in [0.2, 0.25) is 5.82 Å². The van der Waals surface area contributed by atoms with Gasteiger partial charge in [-0.2, -0.15) is 10.2 Å². The quantitative estimate of drug-likeness (QED) is 0.641. The fourth-order valence-corrected chi connectivity index (χ4v) is 2.07. The van der Waals surface area contributed by atoms with Crippen LogP contribution in [0, 0.1) is 17.0 Å². The molecule has 2 aromatic heterocycles. The van der Waals surface area contributed by atoms with E-state index < -0.39 is 4.92 Å². The number of aromatic nitrogens is 4. The first-order chi connectivity index (χ1) is 8.54. The zero-order valence-electron chi connectivity index (χ0n) is 10.00. The largest absolute Gasteiger partial charge is 0.336 e. The van der Waals surface area contributed by atoms with E-state index in [1.54, 1.807) is 24.0 Å². The normalized spacial score (nSPS) is 10.8. The van der Waals surface area contributed by atoms with Gasteiger partial charge in [0, 0.05) is 12.7 Å². The zero-order chi connectivity index (χ0) is 13.3. The molecule has 0 aliphatic rings. The summed E-state index contributed by atoms with van der Waals surface area (Å²) < 4.78 is 3.85. The Morgan fingerprint density at radius 3 is 2.78 bits per heavy atom. The van der Waals surface area contributed by atoms with Crippen molar-refractivity contribution in [2.45, 2.75) is 26.8 Å². The number of hydrogen-bond donors (Lipinski definition) is 0. The minimum atomic E-state index is -0.417. The molecule has 0 aliphatic carbocycles. The van der Waals surface area contributed by atoms with E-state index in [-0.39, 0.29) is 5.69 Å². The van der Waals surface area contributed by atoms with Crippen LogP contribution in [0.2, 0.25) is 0 Å². The molecule has 18 heavy (non-hydrogen) atoms. The molecule has 2 rings (SSSR count). The van der Waals surface area contributed by atoms with Gasteiger partial charge in [0.25, 0.3) is 0 Å². The van der Waals surface area contributed by atoms with Gasteiger partial charge in [-0.15, -0.1) is 0 Å². The van der Waals surface area contributed by atoms with Crippen molar-refractivity contribution >= 4 is 21.6 Å². The van der Waals surface area contributed by atoms with Crippen LogP contribution in [-0.4, -0.2) is 24.5 Å². The van der Waals surface area contributed by atoms with Gasteiger partial charge in [0.15, 0.2) is 0 Å². The number of rotatable bonds is 4. The lowest BCUT2D eigenvalue weighted by molar-refractivity contribution is -0.385. The molecule has 0 bridgehead atoms. The molecule has 2 aromatic rings. The molecule has 0 spiro atoms. The van der Waals surface area contributed by atoms with Crippen LogP contribution in [-0.2, 0) is 6.54 Å². The van der Waals surface area contributed by atoms with E-state index in [1.807, 2.05) is 6.92 Å². The Balaban J connectivity index is 2.64. The number of nitro groups is 1. The number of hydrogen-bond acceptors (Lipinski definition) is 4. The van der Waals surface area contributed by atoms with Crippen molar-refractivity contribution in [2.24, 2.45) is 0 Å². The Morgan fingerprint density at radius 1 is 1.56 bits per heavy atom. The molecule has 0 unspecified atom stereocenters. The van der Waals surface area contributed by atoms with Crippen molar-refractivity contribution in [1.82, 2.24) is 19.6 Å². The Kier molecular flexibility index (Phi) is 3.46. The number of halogens is 1. The summed E-state index contributed by atoms with van der Waals surface area (Å²) >= 11 is 3.28. The Morgan fingerprint density at radius 2 is 2.28 bits per heavy atom. The first-order valence-corrected chi connectivity index (χ1v) is 6.26. The van der Waals surface area contributed by atoms with Crippen LogP contribution in [0.25, 0.3) is 5.82 Å². The molecule has 0 aromatic carbocycles. The third kappa shape index (κ3) is 2.15. The molecule has 0 N–H and O–H groups in total. The Labute approximate surface area is 112 Å². The molecule has 2 heterocycles.